The topological polar surface area (TPSA) is 72.6 Å². The molecule has 1 aromatic rings. The maximum Gasteiger partial charge on any atom is 0.325 e. The lowest BCUT2D eigenvalue weighted by Crippen LogP contribution is -2.36. The molecule has 0 radical (unpaired) electrons. The van der Waals surface area contributed by atoms with Gasteiger partial charge in [-0.05, 0) is 20.8 Å². The Balaban J connectivity index is 2.67. The first-order chi connectivity index (χ1) is 8.08. The van der Waals surface area contributed by atoms with E-state index in [1.54, 1.807) is 20.8 Å². The van der Waals surface area contributed by atoms with E-state index in [1.165, 1.54) is 11.0 Å². The summed E-state index contributed by atoms with van der Waals surface area (Å²) < 4.78 is 9.64. The summed E-state index contributed by atoms with van der Waals surface area (Å²) in [5.41, 5.74) is 0.625. The van der Waals surface area contributed by atoms with Gasteiger partial charge >= 0.3 is 5.97 Å². The van der Waals surface area contributed by atoms with Crippen LogP contribution in [0.1, 0.15) is 30.1 Å². The molecule has 0 fully saturated rings. The lowest BCUT2D eigenvalue weighted by molar-refractivity contribution is -0.143. The normalized spacial score (nSPS) is 10.1. The molecule has 6 nitrogen and oxygen atoms in total. The van der Waals surface area contributed by atoms with Gasteiger partial charge in [-0.1, -0.05) is 5.16 Å². The zero-order valence-electron chi connectivity index (χ0n) is 10.2. The maximum atomic E-state index is 11.9. The van der Waals surface area contributed by atoms with Crippen molar-refractivity contribution < 1.29 is 18.8 Å². The summed E-state index contributed by atoms with van der Waals surface area (Å²) in [6.07, 6.45) is 0. The number of aryl methyl sites for hydroxylation is 1. The Kier molecular flexibility index (Phi) is 4.68. The van der Waals surface area contributed by atoms with Gasteiger partial charge in [-0.3, -0.25) is 9.59 Å². The standard InChI is InChI=1S/C11H16N2O4/c1-4-13(7-10(14)16-5-2)11(15)9-6-8(3)12-17-9/h6H,4-5,7H2,1-3H3. The lowest BCUT2D eigenvalue weighted by atomic mass is 10.3. The third kappa shape index (κ3) is 3.58. The number of aromatic nitrogens is 1. The van der Waals surface area contributed by atoms with Crippen molar-refractivity contribution in [3.05, 3.63) is 17.5 Å². The van der Waals surface area contributed by atoms with E-state index in [0.29, 0.717) is 18.8 Å². The van der Waals surface area contributed by atoms with Crippen molar-refractivity contribution in [2.24, 2.45) is 0 Å². The SMILES string of the molecule is CCOC(=O)CN(CC)C(=O)c1cc(C)no1. The molecule has 1 amide bonds. The van der Waals surface area contributed by atoms with Gasteiger partial charge in [0.15, 0.2) is 0 Å². The summed E-state index contributed by atoms with van der Waals surface area (Å²) in [4.78, 5) is 24.5. The van der Waals surface area contributed by atoms with Gasteiger partial charge < -0.3 is 14.2 Å². The van der Waals surface area contributed by atoms with Crippen LogP contribution in [0.3, 0.4) is 0 Å². The molecule has 0 bridgehead atoms. The number of carbonyl (C=O) groups excluding carboxylic acids is 2. The van der Waals surface area contributed by atoms with E-state index in [-0.39, 0.29) is 18.2 Å². The van der Waals surface area contributed by atoms with Crippen LogP contribution >= 0.6 is 0 Å². The van der Waals surface area contributed by atoms with Gasteiger partial charge in [0.25, 0.3) is 5.91 Å². The van der Waals surface area contributed by atoms with Crippen molar-refractivity contribution in [1.82, 2.24) is 10.1 Å². The highest BCUT2D eigenvalue weighted by Gasteiger charge is 2.21. The predicted octanol–water partition coefficient (Wildman–Crippen LogP) is 1.01. The first-order valence-electron chi connectivity index (χ1n) is 5.46. The molecule has 94 valence electrons. The average Bonchev–Trinajstić information content (AvgIpc) is 2.72. The number of likely N-dealkylation sites (N-methyl/N-ethyl adjacent to an activating group) is 1. The second kappa shape index (κ2) is 6.03. The van der Waals surface area contributed by atoms with E-state index in [1.807, 2.05) is 0 Å². The monoisotopic (exact) mass is 240 g/mol. The van der Waals surface area contributed by atoms with Crippen LogP contribution in [0.5, 0.6) is 0 Å². The van der Waals surface area contributed by atoms with Gasteiger partial charge in [-0.2, -0.15) is 0 Å². The molecule has 0 unspecified atom stereocenters. The Morgan fingerprint density at radius 3 is 2.65 bits per heavy atom. The molecule has 0 spiro atoms. The minimum Gasteiger partial charge on any atom is -0.465 e. The van der Waals surface area contributed by atoms with Crippen molar-refractivity contribution in [1.29, 1.82) is 0 Å². The summed E-state index contributed by atoms with van der Waals surface area (Å²) in [6, 6.07) is 1.54. The molecule has 17 heavy (non-hydrogen) atoms. The fourth-order valence-corrected chi connectivity index (χ4v) is 1.31. The highest BCUT2D eigenvalue weighted by atomic mass is 16.5. The van der Waals surface area contributed by atoms with Crippen LogP contribution < -0.4 is 0 Å². The Morgan fingerprint density at radius 1 is 1.47 bits per heavy atom. The molecule has 0 N–H and O–H groups in total. The summed E-state index contributed by atoms with van der Waals surface area (Å²) in [6.45, 7) is 5.84. The Morgan fingerprint density at radius 2 is 2.18 bits per heavy atom. The number of nitrogens with zero attached hydrogens (tertiary/aromatic N) is 2. The number of carbonyl (C=O) groups is 2. The first kappa shape index (κ1) is 13.2. The van der Waals surface area contributed by atoms with Crippen LogP contribution in [0, 0.1) is 6.92 Å². The maximum absolute atomic E-state index is 11.9. The largest absolute Gasteiger partial charge is 0.465 e. The van der Waals surface area contributed by atoms with Crippen LogP contribution in [0.25, 0.3) is 0 Å². The molecule has 1 aromatic heterocycles. The smallest absolute Gasteiger partial charge is 0.325 e. The van der Waals surface area contributed by atoms with Crippen LogP contribution in [0.4, 0.5) is 0 Å². The van der Waals surface area contributed by atoms with E-state index < -0.39 is 5.97 Å². The van der Waals surface area contributed by atoms with Crippen LogP contribution in [0.2, 0.25) is 0 Å². The molecule has 0 atom stereocenters. The van der Waals surface area contributed by atoms with Gasteiger partial charge in [0.05, 0.1) is 12.3 Å². The predicted molar refractivity (Wildman–Crippen MR) is 59.5 cm³/mol. The Bertz CT molecular complexity index is 400. The molecule has 0 saturated carbocycles. The van der Waals surface area contributed by atoms with Crippen LogP contribution in [-0.4, -0.2) is 41.6 Å². The van der Waals surface area contributed by atoms with Gasteiger partial charge in [-0.15, -0.1) is 0 Å². The molecule has 0 aliphatic heterocycles. The number of ether oxygens (including phenoxy) is 1. The first-order valence-corrected chi connectivity index (χ1v) is 5.46. The van der Waals surface area contributed by atoms with Crippen molar-refractivity contribution in [3.63, 3.8) is 0 Å². The third-order valence-corrected chi connectivity index (χ3v) is 2.13. The number of hydrogen-bond acceptors (Lipinski definition) is 5. The van der Waals surface area contributed by atoms with Crippen molar-refractivity contribution in [3.8, 4) is 0 Å². The van der Waals surface area contributed by atoms with Crippen LogP contribution in [-0.2, 0) is 9.53 Å². The zero-order chi connectivity index (χ0) is 12.8. The fraction of sp³-hybridized carbons (Fsp3) is 0.545. The summed E-state index contributed by atoms with van der Waals surface area (Å²) >= 11 is 0. The quantitative estimate of drug-likeness (QED) is 0.718. The second-order valence-electron chi connectivity index (χ2n) is 3.46. The summed E-state index contributed by atoms with van der Waals surface area (Å²) in [5, 5.41) is 3.63. The van der Waals surface area contributed by atoms with E-state index in [0.717, 1.165) is 0 Å². The van der Waals surface area contributed by atoms with E-state index in [9.17, 15) is 9.59 Å². The van der Waals surface area contributed by atoms with E-state index >= 15 is 0 Å². The molecular weight excluding hydrogens is 224 g/mol. The lowest BCUT2D eigenvalue weighted by Gasteiger charge is -2.17. The number of hydrogen-bond donors (Lipinski definition) is 0. The molecule has 0 saturated heterocycles. The molecule has 0 aliphatic rings. The molecular formula is C11H16N2O4. The number of esters is 1. The number of amides is 1. The highest BCUT2D eigenvalue weighted by Crippen LogP contribution is 2.06. The average molecular weight is 240 g/mol. The van der Waals surface area contributed by atoms with E-state index in [4.69, 9.17) is 9.26 Å². The zero-order valence-corrected chi connectivity index (χ0v) is 10.2. The Labute approximate surface area is 99.5 Å². The second-order valence-corrected chi connectivity index (χ2v) is 3.46. The third-order valence-electron chi connectivity index (χ3n) is 2.13. The van der Waals surface area contributed by atoms with Crippen molar-refractivity contribution in [2.75, 3.05) is 19.7 Å². The van der Waals surface area contributed by atoms with Gasteiger partial charge in [-0.25, -0.2) is 0 Å². The minimum atomic E-state index is -0.432. The van der Waals surface area contributed by atoms with Gasteiger partial charge in [0.1, 0.15) is 6.54 Å². The van der Waals surface area contributed by atoms with Gasteiger partial charge in [0.2, 0.25) is 5.76 Å². The molecule has 1 rings (SSSR count). The summed E-state index contributed by atoms with van der Waals surface area (Å²) in [5.74, 6) is -0.659. The highest BCUT2D eigenvalue weighted by molar-refractivity contribution is 5.93. The number of rotatable bonds is 5. The van der Waals surface area contributed by atoms with Crippen molar-refractivity contribution in [2.45, 2.75) is 20.8 Å². The molecule has 1 heterocycles. The summed E-state index contributed by atoms with van der Waals surface area (Å²) in [7, 11) is 0. The minimum absolute atomic E-state index is 0.0804. The van der Waals surface area contributed by atoms with Gasteiger partial charge in [0, 0.05) is 12.6 Å². The fourth-order valence-electron chi connectivity index (χ4n) is 1.31. The molecule has 0 aromatic carbocycles. The molecule has 0 aliphatic carbocycles. The van der Waals surface area contributed by atoms with Crippen LogP contribution in [0.15, 0.2) is 10.6 Å². The van der Waals surface area contributed by atoms with E-state index in [2.05, 4.69) is 5.16 Å². The van der Waals surface area contributed by atoms with Crippen molar-refractivity contribution >= 4 is 11.9 Å². The Hall–Kier alpha value is -1.85. The molecule has 6 heteroatoms.